The van der Waals surface area contributed by atoms with Crippen molar-refractivity contribution in [3.05, 3.63) is 336 Å². The number of hydrogen-bond acceptors (Lipinski definition) is 2. The molecule has 1 atom stereocenters. The van der Waals surface area contributed by atoms with Crippen LogP contribution in [0.25, 0.3) is 105 Å². The lowest BCUT2D eigenvalue weighted by Gasteiger charge is -2.39. The van der Waals surface area contributed by atoms with E-state index in [1.54, 1.807) is 0 Å². The molecule has 3 heterocycles. The van der Waals surface area contributed by atoms with Gasteiger partial charge in [-0.1, -0.05) is 231 Å². The molecule has 0 amide bonds. The molecule has 2 spiro atoms. The number of nitrogens with zero attached hydrogens (tertiary/aromatic N) is 2. The van der Waals surface area contributed by atoms with Gasteiger partial charge in [0.15, 0.2) is 0 Å². The molecule has 4 aliphatic rings. The predicted octanol–water partition coefficient (Wildman–Crippen LogP) is 20.5. The minimum atomic E-state index is -0.536. The molecule has 0 bridgehead atoms. The number of benzene rings is 13. The van der Waals surface area contributed by atoms with Crippen molar-refractivity contribution < 1.29 is 4.42 Å². The number of fused-ring (bicyclic) bond motifs is 25. The summed E-state index contributed by atoms with van der Waals surface area (Å²) < 4.78 is 9.11. The van der Waals surface area contributed by atoms with Crippen molar-refractivity contribution >= 4 is 60.8 Å². The maximum Gasteiger partial charge on any atom is 0.143 e. The van der Waals surface area contributed by atoms with Crippen LogP contribution in [0, 0.1) is 0 Å². The Morgan fingerprint density at radius 3 is 1.40 bits per heavy atom. The third kappa shape index (κ3) is 5.73. The van der Waals surface area contributed by atoms with Crippen molar-refractivity contribution in [2.45, 2.75) is 10.8 Å². The second-order valence-corrected chi connectivity index (χ2v) is 23.0. The number of rotatable bonds is 5. The maximum absolute atomic E-state index is 6.58. The summed E-state index contributed by atoms with van der Waals surface area (Å²) in [6.45, 7) is 0. The van der Waals surface area contributed by atoms with Gasteiger partial charge in [-0.15, -0.1) is 0 Å². The summed E-state index contributed by atoms with van der Waals surface area (Å²) in [4.78, 5) is 2.45. The molecule has 0 fully saturated rings. The average molecular weight is 1050 g/mol. The molecule has 1 unspecified atom stereocenters. The van der Waals surface area contributed by atoms with Crippen LogP contribution in [0.3, 0.4) is 0 Å². The monoisotopic (exact) mass is 1050 g/mol. The van der Waals surface area contributed by atoms with E-state index in [4.69, 9.17) is 4.42 Å². The molecule has 3 heteroatoms. The zero-order valence-electron chi connectivity index (χ0n) is 45.0. The van der Waals surface area contributed by atoms with Gasteiger partial charge in [-0.05, 0) is 155 Å². The molecule has 1 aliphatic heterocycles. The summed E-state index contributed by atoms with van der Waals surface area (Å²) in [5.74, 6) is 0. The smallest absolute Gasteiger partial charge is 0.143 e. The number of para-hydroxylation sites is 5. The molecule has 13 aromatic carbocycles. The van der Waals surface area contributed by atoms with E-state index in [1.165, 1.54) is 111 Å². The molecule has 0 radical (unpaired) electrons. The summed E-state index contributed by atoms with van der Waals surface area (Å²) in [6.07, 6.45) is 0. The van der Waals surface area contributed by atoms with Crippen LogP contribution in [-0.2, 0) is 10.8 Å². The maximum atomic E-state index is 6.58. The van der Waals surface area contributed by atoms with Crippen LogP contribution in [-0.4, -0.2) is 4.57 Å². The average Bonchev–Trinajstić information content (AvgIpc) is 2.38. The highest BCUT2D eigenvalue weighted by Crippen LogP contribution is 2.64. The Morgan fingerprint density at radius 1 is 0.277 bits per heavy atom. The van der Waals surface area contributed by atoms with Crippen molar-refractivity contribution in [2.24, 2.45) is 0 Å². The van der Waals surface area contributed by atoms with Crippen LogP contribution in [0.4, 0.5) is 17.1 Å². The highest BCUT2D eigenvalue weighted by atomic mass is 16.3. The van der Waals surface area contributed by atoms with E-state index in [9.17, 15) is 0 Å². The van der Waals surface area contributed by atoms with Gasteiger partial charge in [-0.2, -0.15) is 0 Å². The molecular formula is C80H48N2O. The van der Waals surface area contributed by atoms with E-state index in [-0.39, 0.29) is 0 Å². The molecule has 0 saturated heterocycles. The third-order valence-electron chi connectivity index (χ3n) is 19.2. The van der Waals surface area contributed by atoms with Crippen molar-refractivity contribution in [3.63, 3.8) is 0 Å². The molecule has 3 nitrogen and oxygen atoms in total. The van der Waals surface area contributed by atoms with Crippen LogP contribution in [0.15, 0.2) is 296 Å². The van der Waals surface area contributed by atoms with Gasteiger partial charge < -0.3 is 13.9 Å². The predicted molar refractivity (Wildman–Crippen MR) is 341 cm³/mol. The second-order valence-electron chi connectivity index (χ2n) is 23.0. The third-order valence-corrected chi connectivity index (χ3v) is 19.2. The normalized spacial score (nSPS) is 15.1. The van der Waals surface area contributed by atoms with Gasteiger partial charge in [0.2, 0.25) is 0 Å². The zero-order valence-corrected chi connectivity index (χ0v) is 45.0. The number of furan rings is 1. The Labute approximate surface area is 479 Å². The van der Waals surface area contributed by atoms with E-state index in [0.29, 0.717) is 0 Å². The number of aromatic nitrogens is 1. The quantitative estimate of drug-likeness (QED) is 0.171. The zero-order chi connectivity index (χ0) is 54.1. The fourth-order valence-electron chi connectivity index (χ4n) is 16.0. The van der Waals surface area contributed by atoms with Gasteiger partial charge in [0.1, 0.15) is 11.2 Å². The fourth-order valence-corrected chi connectivity index (χ4v) is 16.0. The first-order valence-corrected chi connectivity index (χ1v) is 28.9. The van der Waals surface area contributed by atoms with Crippen LogP contribution in [0.5, 0.6) is 0 Å². The number of anilines is 3. The molecule has 19 rings (SSSR count). The second kappa shape index (κ2) is 16.4. The van der Waals surface area contributed by atoms with E-state index >= 15 is 0 Å². The Bertz CT molecular complexity index is 5220. The molecule has 15 aromatic rings. The summed E-state index contributed by atoms with van der Waals surface area (Å²) in [7, 11) is 0. The molecular weight excluding hydrogens is 1000 g/mol. The van der Waals surface area contributed by atoms with Gasteiger partial charge in [-0.3, -0.25) is 0 Å². The van der Waals surface area contributed by atoms with E-state index in [1.807, 2.05) is 6.07 Å². The minimum Gasteiger partial charge on any atom is -0.455 e. The van der Waals surface area contributed by atoms with Gasteiger partial charge >= 0.3 is 0 Å². The van der Waals surface area contributed by atoms with Crippen molar-refractivity contribution in [1.82, 2.24) is 4.57 Å². The highest BCUT2D eigenvalue weighted by Gasteiger charge is 2.53. The SMILES string of the molecule is c1ccc2c(c1)-c1ccccc1C21c2ccccc2-c2ccc(N(c3ccc(-c4ccc5c(c4)C4(c6ccccc6-5)c5ccccc5-n5c6ccccc6c6cccc4c65)cc3)c3ccc(-c4cccc5c4oc4ccccc45)cc3)cc21. The summed E-state index contributed by atoms with van der Waals surface area (Å²) in [5.41, 5.74) is 30.6. The Hall–Kier alpha value is -10.7. The lowest BCUT2D eigenvalue weighted by atomic mass is 9.65. The molecule has 0 saturated carbocycles. The van der Waals surface area contributed by atoms with Gasteiger partial charge in [0.05, 0.1) is 27.6 Å². The number of hydrogen-bond donors (Lipinski definition) is 0. The summed E-state index contributed by atoms with van der Waals surface area (Å²) in [6, 6.07) is 109. The first-order valence-electron chi connectivity index (χ1n) is 28.9. The first-order chi connectivity index (χ1) is 41.2. The standard InChI is InChI=1S/C80H48N2O/c1-7-26-66-56(17-1)57-18-2-8-27-67(57)79(66)68-28-9-3-20-59(68)61-46-44-54(48-73(61)79)81(53-42-37-50(38-43-53)55-23-15-25-65-63-22-6-14-34-76(63)83-78(55)65)52-40-35-49(36-41-52)51-39-45-60-58-19-4-10-29-69(58)80(72(60)47-51)70-30-11-13-33-75(70)82-74-32-12-5-21-62(74)64-24-16-31-71(80)77(64)82/h1-48H. The molecule has 2 aromatic heterocycles. The lowest BCUT2D eigenvalue weighted by molar-refractivity contribution is 0.670. The highest BCUT2D eigenvalue weighted by molar-refractivity contribution is 6.13. The van der Waals surface area contributed by atoms with E-state index in [2.05, 4.69) is 295 Å². The first kappa shape index (κ1) is 45.0. The largest absolute Gasteiger partial charge is 0.455 e. The molecule has 3 aliphatic carbocycles. The van der Waals surface area contributed by atoms with Crippen LogP contribution >= 0.6 is 0 Å². The molecule has 83 heavy (non-hydrogen) atoms. The van der Waals surface area contributed by atoms with Crippen LogP contribution in [0.1, 0.15) is 44.5 Å². The van der Waals surface area contributed by atoms with Gasteiger partial charge in [-0.25, -0.2) is 0 Å². The van der Waals surface area contributed by atoms with Gasteiger partial charge in [0, 0.05) is 44.2 Å². The van der Waals surface area contributed by atoms with Crippen molar-refractivity contribution in [3.8, 4) is 61.3 Å². The van der Waals surface area contributed by atoms with E-state index < -0.39 is 10.8 Å². The summed E-state index contributed by atoms with van der Waals surface area (Å²) in [5, 5.41) is 4.82. The van der Waals surface area contributed by atoms with E-state index in [0.717, 1.165) is 55.7 Å². The Kier molecular flexibility index (Phi) is 8.92. The molecule has 384 valence electrons. The van der Waals surface area contributed by atoms with Gasteiger partial charge in [0.25, 0.3) is 0 Å². The fraction of sp³-hybridized carbons (Fsp3) is 0.0250. The summed E-state index contributed by atoms with van der Waals surface area (Å²) >= 11 is 0. The van der Waals surface area contributed by atoms with Crippen LogP contribution in [0.2, 0.25) is 0 Å². The topological polar surface area (TPSA) is 21.3 Å². The Morgan fingerprint density at radius 2 is 0.723 bits per heavy atom. The van der Waals surface area contributed by atoms with Crippen molar-refractivity contribution in [1.29, 1.82) is 0 Å². The van der Waals surface area contributed by atoms with Crippen LogP contribution < -0.4 is 4.90 Å². The van der Waals surface area contributed by atoms with Crippen molar-refractivity contribution in [2.75, 3.05) is 4.90 Å². The lowest BCUT2D eigenvalue weighted by Crippen LogP contribution is -2.33. The Balaban J connectivity index is 0.789. The minimum absolute atomic E-state index is 0.481. The molecule has 0 N–H and O–H groups in total.